The molecule has 4 heteroatoms. The van der Waals surface area contributed by atoms with Crippen LogP contribution in [0.2, 0.25) is 0 Å². The summed E-state index contributed by atoms with van der Waals surface area (Å²) < 4.78 is 5.29. The van der Waals surface area contributed by atoms with Crippen LogP contribution in [0, 0.1) is 18.3 Å². The zero-order valence-electron chi connectivity index (χ0n) is 12.8. The van der Waals surface area contributed by atoms with Crippen LogP contribution in [0.5, 0.6) is 5.75 Å². The van der Waals surface area contributed by atoms with E-state index >= 15 is 0 Å². The van der Waals surface area contributed by atoms with Gasteiger partial charge in [-0.1, -0.05) is 18.6 Å². The van der Waals surface area contributed by atoms with E-state index in [4.69, 9.17) is 4.74 Å². The van der Waals surface area contributed by atoms with Gasteiger partial charge in [0.25, 0.3) is 0 Å². The second kappa shape index (κ2) is 5.34. The molecule has 1 aliphatic carbocycles. The largest absolute Gasteiger partial charge is 0.496 e. The Morgan fingerprint density at radius 1 is 1.52 bits per heavy atom. The Kier molecular flexibility index (Phi) is 3.66. The molecule has 2 aliphatic rings. The van der Waals surface area contributed by atoms with E-state index in [0.29, 0.717) is 12.5 Å². The van der Waals surface area contributed by atoms with Gasteiger partial charge >= 0.3 is 5.97 Å². The second-order valence-electron chi connectivity index (χ2n) is 6.52. The van der Waals surface area contributed by atoms with Crippen molar-refractivity contribution in [3.8, 4) is 5.75 Å². The summed E-state index contributed by atoms with van der Waals surface area (Å²) in [6.45, 7) is 4.48. The number of fused-ring (bicyclic) bond motifs is 1. The molecule has 1 saturated carbocycles. The van der Waals surface area contributed by atoms with Gasteiger partial charge in [0.05, 0.1) is 12.5 Å². The number of nitrogens with zero attached hydrogens (tertiary/aromatic N) is 1. The summed E-state index contributed by atoms with van der Waals surface area (Å²) in [5.74, 6) is 0.631. The van der Waals surface area contributed by atoms with Crippen LogP contribution in [-0.2, 0) is 11.3 Å². The van der Waals surface area contributed by atoms with Gasteiger partial charge in [0.1, 0.15) is 5.75 Å². The fourth-order valence-electron chi connectivity index (χ4n) is 4.16. The van der Waals surface area contributed by atoms with Gasteiger partial charge in [-0.05, 0) is 42.9 Å². The predicted octanol–water partition coefficient (Wildman–Crippen LogP) is 2.69. The van der Waals surface area contributed by atoms with E-state index in [1.807, 2.05) is 13.0 Å². The Bertz CT molecular complexity index is 557. The lowest BCUT2D eigenvalue weighted by molar-refractivity contribution is -0.149. The van der Waals surface area contributed by atoms with Gasteiger partial charge in [-0.25, -0.2) is 0 Å². The smallest absolute Gasteiger partial charge is 0.311 e. The van der Waals surface area contributed by atoms with E-state index in [0.717, 1.165) is 43.7 Å². The molecule has 1 aromatic carbocycles. The Balaban J connectivity index is 1.73. The number of methoxy groups -OCH3 is 1. The summed E-state index contributed by atoms with van der Waals surface area (Å²) in [5.41, 5.74) is 1.87. The molecule has 1 N–H and O–H groups in total. The first kappa shape index (κ1) is 14.4. The van der Waals surface area contributed by atoms with Crippen LogP contribution >= 0.6 is 0 Å². The van der Waals surface area contributed by atoms with Crippen LogP contribution in [0.1, 0.15) is 30.4 Å². The number of carbonyl (C=O) groups is 1. The standard InChI is InChI=1S/C17H23NO3/c1-12-8-13(5-6-15(12)21-2)9-18-10-14-4-3-7-17(14,11-18)16(19)20/h5-6,8,14H,3-4,7,9-11H2,1-2H3,(H,19,20)/t14-,17+/m0/s1. The summed E-state index contributed by atoms with van der Waals surface area (Å²) in [4.78, 5) is 14.0. The first-order valence-corrected chi connectivity index (χ1v) is 7.64. The molecule has 0 aromatic heterocycles. The number of carboxylic acids is 1. The van der Waals surface area contributed by atoms with Crippen molar-refractivity contribution in [1.82, 2.24) is 4.90 Å². The third-order valence-corrected chi connectivity index (χ3v) is 5.23. The molecule has 0 bridgehead atoms. The van der Waals surface area contributed by atoms with Crippen molar-refractivity contribution in [2.24, 2.45) is 11.3 Å². The SMILES string of the molecule is COc1ccc(CN2C[C@@H]3CCC[C@@]3(C(=O)O)C2)cc1C. The molecule has 0 radical (unpaired) electrons. The third kappa shape index (κ3) is 2.42. The van der Waals surface area contributed by atoms with Gasteiger partial charge < -0.3 is 9.84 Å². The highest BCUT2D eigenvalue weighted by Crippen LogP contribution is 2.49. The van der Waals surface area contributed by atoms with E-state index in [1.165, 1.54) is 5.56 Å². The molecule has 114 valence electrons. The molecule has 0 spiro atoms. The van der Waals surface area contributed by atoms with Crippen LogP contribution in [0.15, 0.2) is 18.2 Å². The van der Waals surface area contributed by atoms with Gasteiger partial charge in [-0.3, -0.25) is 9.69 Å². The highest BCUT2D eigenvalue weighted by atomic mass is 16.5. The van der Waals surface area contributed by atoms with Gasteiger partial charge in [-0.2, -0.15) is 0 Å². The quantitative estimate of drug-likeness (QED) is 0.926. The lowest BCUT2D eigenvalue weighted by Gasteiger charge is -2.23. The molecule has 1 heterocycles. The van der Waals surface area contributed by atoms with E-state index in [-0.39, 0.29) is 0 Å². The first-order valence-electron chi connectivity index (χ1n) is 7.64. The van der Waals surface area contributed by atoms with Crippen molar-refractivity contribution in [3.63, 3.8) is 0 Å². The van der Waals surface area contributed by atoms with E-state index in [1.54, 1.807) is 7.11 Å². The van der Waals surface area contributed by atoms with Gasteiger partial charge in [-0.15, -0.1) is 0 Å². The minimum atomic E-state index is -0.599. The highest BCUT2D eigenvalue weighted by Gasteiger charge is 2.54. The molecular weight excluding hydrogens is 266 g/mol. The lowest BCUT2D eigenvalue weighted by Crippen LogP contribution is -2.35. The number of likely N-dealkylation sites (tertiary alicyclic amines) is 1. The van der Waals surface area contributed by atoms with Crippen LogP contribution in [0.25, 0.3) is 0 Å². The minimum Gasteiger partial charge on any atom is -0.496 e. The van der Waals surface area contributed by atoms with Crippen molar-refractivity contribution in [2.75, 3.05) is 20.2 Å². The first-order chi connectivity index (χ1) is 10.0. The number of aryl methyl sites for hydroxylation is 1. The van der Waals surface area contributed by atoms with E-state index in [9.17, 15) is 9.90 Å². The molecule has 4 nitrogen and oxygen atoms in total. The molecule has 1 aromatic rings. The number of benzene rings is 1. The third-order valence-electron chi connectivity index (χ3n) is 5.23. The predicted molar refractivity (Wildman–Crippen MR) is 80.4 cm³/mol. The molecule has 0 unspecified atom stereocenters. The van der Waals surface area contributed by atoms with Crippen LogP contribution in [0.4, 0.5) is 0 Å². The molecule has 0 amide bonds. The molecule has 2 atom stereocenters. The lowest BCUT2D eigenvalue weighted by atomic mass is 9.81. The van der Waals surface area contributed by atoms with Gasteiger partial charge in [0, 0.05) is 19.6 Å². The average Bonchev–Trinajstić information content (AvgIpc) is 2.96. The van der Waals surface area contributed by atoms with Crippen LogP contribution < -0.4 is 4.74 Å². The highest BCUT2D eigenvalue weighted by molar-refractivity contribution is 5.76. The summed E-state index contributed by atoms with van der Waals surface area (Å²) >= 11 is 0. The van der Waals surface area contributed by atoms with Gasteiger partial charge in [0.2, 0.25) is 0 Å². The monoisotopic (exact) mass is 289 g/mol. The fourth-order valence-corrected chi connectivity index (χ4v) is 4.16. The fraction of sp³-hybridized carbons (Fsp3) is 0.588. The number of hydrogen-bond acceptors (Lipinski definition) is 3. The summed E-state index contributed by atoms with van der Waals surface area (Å²) in [6, 6.07) is 6.21. The van der Waals surface area contributed by atoms with Crippen molar-refractivity contribution in [3.05, 3.63) is 29.3 Å². The van der Waals surface area contributed by atoms with Gasteiger partial charge in [0.15, 0.2) is 0 Å². The van der Waals surface area contributed by atoms with Crippen LogP contribution in [-0.4, -0.2) is 36.2 Å². The molecule has 3 rings (SSSR count). The number of carboxylic acid groups (broad SMARTS) is 1. The zero-order valence-corrected chi connectivity index (χ0v) is 12.8. The normalized spacial score (nSPS) is 28.6. The number of hydrogen-bond donors (Lipinski definition) is 1. The summed E-state index contributed by atoms with van der Waals surface area (Å²) in [6.07, 6.45) is 2.96. The number of ether oxygens (including phenoxy) is 1. The molecule has 1 saturated heterocycles. The van der Waals surface area contributed by atoms with Crippen molar-refractivity contribution >= 4 is 5.97 Å². The average molecular weight is 289 g/mol. The molecular formula is C17H23NO3. The molecule has 2 fully saturated rings. The maximum Gasteiger partial charge on any atom is 0.311 e. The van der Waals surface area contributed by atoms with E-state index in [2.05, 4.69) is 17.0 Å². The zero-order chi connectivity index (χ0) is 15.0. The Labute approximate surface area is 125 Å². The van der Waals surface area contributed by atoms with Crippen molar-refractivity contribution in [1.29, 1.82) is 0 Å². The van der Waals surface area contributed by atoms with Crippen molar-refractivity contribution in [2.45, 2.75) is 32.7 Å². The minimum absolute atomic E-state index is 0.328. The Morgan fingerprint density at radius 2 is 2.33 bits per heavy atom. The van der Waals surface area contributed by atoms with Crippen molar-refractivity contribution < 1.29 is 14.6 Å². The second-order valence-corrected chi connectivity index (χ2v) is 6.52. The maximum absolute atomic E-state index is 11.7. The number of rotatable bonds is 4. The molecule has 21 heavy (non-hydrogen) atoms. The summed E-state index contributed by atoms with van der Waals surface area (Å²) in [5, 5.41) is 9.63. The Hall–Kier alpha value is -1.55. The maximum atomic E-state index is 11.7. The summed E-state index contributed by atoms with van der Waals surface area (Å²) in [7, 11) is 1.68. The Morgan fingerprint density at radius 3 is 2.95 bits per heavy atom. The topological polar surface area (TPSA) is 49.8 Å². The van der Waals surface area contributed by atoms with E-state index < -0.39 is 11.4 Å². The number of aliphatic carboxylic acids is 1. The van der Waals surface area contributed by atoms with Crippen LogP contribution in [0.3, 0.4) is 0 Å². The molecule has 1 aliphatic heterocycles.